The predicted molar refractivity (Wildman–Crippen MR) is 80.1 cm³/mol. The van der Waals surface area contributed by atoms with Crippen molar-refractivity contribution >= 4 is 27.7 Å². The van der Waals surface area contributed by atoms with E-state index >= 15 is 0 Å². The molecular weight excluding hydrogens is 306 g/mol. The fraction of sp³-hybridized carbons (Fsp3) is 0.571. The maximum Gasteiger partial charge on any atom is 0.239 e. The summed E-state index contributed by atoms with van der Waals surface area (Å²) >= 11 is 3.32. The minimum atomic E-state index is 0.00268. The van der Waals surface area contributed by atoms with E-state index in [1.54, 1.807) is 12.3 Å². The van der Waals surface area contributed by atoms with Gasteiger partial charge in [-0.25, -0.2) is 4.98 Å². The molecule has 1 aliphatic carbocycles. The number of pyridine rings is 1. The van der Waals surface area contributed by atoms with Gasteiger partial charge in [0.1, 0.15) is 5.82 Å². The summed E-state index contributed by atoms with van der Waals surface area (Å²) in [5.41, 5.74) is 0. The van der Waals surface area contributed by atoms with Gasteiger partial charge in [-0.1, -0.05) is 19.3 Å². The Morgan fingerprint density at radius 2 is 2.16 bits per heavy atom. The van der Waals surface area contributed by atoms with Crippen molar-refractivity contribution < 1.29 is 4.79 Å². The third-order valence-corrected chi connectivity index (χ3v) is 4.06. The van der Waals surface area contributed by atoms with E-state index in [1.807, 2.05) is 13.1 Å². The molecule has 0 atom stereocenters. The van der Waals surface area contributed by atoms with E-state index in [4.69, 9.17) is 0 Å². The van der Waals surface area contributed by atoms with Crippen LogP contribution in [0.15, 0.2) is 22.8 Å². The highest BCUT2D eigenvalue weighted by Crippen LogP contribution is 2.21. The molecule has 1 fully saturated rings. The van der Waals surface area contributed by atoms with E-state index in [0.717, 1.165) is 4.47 Å². The Hall–Kier alpha value is -0.940. The van der Waals surface area contributed by atoms with Crippen LogP contribution in [0.5, 0.6) is 0 Å². The zero-order valence-corrected chi connectivity index (χ0v) is 12.8. The van der Waals surface area contributed by atoms with E-state index < -0.39 is 0 Å². The van der Waals surface area contributed by atoms with Crippen LogP contribution in [0, 0.1) is 0 Å². The number of aromatic nitrogens is 1. The molecular formula is C14H20BrN3O. The third-order valence-electron chi connectivity index (χ3n) is 3.59. The molecule has 1 N–H and O–H groups in total. The number of carbonyl (C=O) groups excluding carboxylic acids is 1. The zero-order chi connectivity index (χ0) is 13.7. The highest BCUT2D eigenvalue weighted by atomic mass is 79.9. The summed E-state index contributed by atoms with van der Waals surface area (Å²) < 4.78 is 0.907. The average molecular weight is 326 g/mol. The van der Waals surface area contributed by atoms with Crippen molar-refractivity contribution in [3.8, 4) is 0 Å². The van der Waals surface area contributed by atoms with Crippen LogP contribution in [0.1, 0.15) is 32.1 Å². The fourth-order valence-corrected chi connectivity index (χ4v) is 2.74. The lowest BCUT2D eigenvalue weighted by atomic mass is 9.94. The molecule has 0 aromatic carbocycles. The van der Waals surface area contributed by atoms with Gasteiger partial charge in [0.15, 0.2) is 0 Å². The molecule has 0 spiro atoms. The Bertz CT molecular complexity index is 415. The summed E-state index contributed by atoms with van der Waals surface area (Å²) in [6, 6.07) is 4.22. The van der Waals surface area contributed by atoms with Crippen LogP contribution < -0.4 is 5.32 Å². The summed E-state index contributed by atoms with van der Waals surface area (Å²) in [7, 11) is 2.03. The molecule has 4 nitrogen and oxygen atoms in total. The number of hydrogen-bond donors (Lipinski definition) is 1. The van der Waals surface area contributed by atoms with Crippen LogP contribution >= 0.6 is 15.9 Å². The number of nitrogens with one attached hydrogen (secondary N) is 1. The number of hydrogen-bond acceptors (Lipinski definition) is 3. The van der Waals surface area contributed by atoms with Crippen LogP contribution in [-0.2, 0) is 4.79 Å². The summed E-state index contributed by atoms with van der Waals surface area (Å²) in [4.78, 5) is 18.2. The van der Waals surface area contributed by atoms with Gasteiger partial charge in [-0.15, -0.1) is 0 Å². The molecule has 0 saturated heterocycles. The molecule has 1 amide bonds. The third kappa shape index (κ3) is 4.58. The van der Waals surface area contributed by atoms with Crippen LogP contribution in [0.3, 0.4) is 0 Å². The highest BCUT2D eigenvalue weighted by molar-refractivity contribution is 9.10. The second-order valence-electron chi connectivity index (χ2n) is 5.12. The zero-order valence-electron chi connectivity index (χ0n) is 11.2. The molecule has 1 saturated carbocycles. The smallest absolute Gasteiger partial charge is 0.239 e. The van der Waals surface area contributed by atoms with Crippen LogP contribution in [-0.4, -0.2) is 35.4 Å². The molecule has 1 aliphatic rings. The molecule has 0 bridgehead atoms. The normalized spacial score (nSPS) is 16.6. The molecule has 0 radical (unpaired) electrons. The second kappa shape index (κ2) is 7.01. The molecule has 1 aromatic heterocycles. The Morgan fingerprint density at radius 3 is 2.79 bits per heavy atom. The summed E-state index contributed by atoms with van der Waals surface area (Å²) in [6.07, 6.45) is 8.00. The first-order chi connectivity index (χ1) is 9.15. The lowest BCUT2D eigenvalue weighted by Crippen LogP contribution is -2.39. The number of carbonyl (C=O) groups is 1. The van der Waals surface area contributed by atoms with Gasteiger partial charge in [0, 0.05) is 16.7 Å². The van der Waals surface area contributed by atoms with E-state index in [0.29, 0.717) is 18.4 Å². The van der Waals surface area contributed by atoms with Gasteiger partial charge < -0.3 is 5.32 Å². The van der Waals surface area contributed by atoms with Gasteiger partial charge in [0.05, 0.1) is 6.54 Å². The molecule has 1 heterocycles. The number of halogens is 1. The standard InChI is InChI=1S/C14H20BrN3O/c1-18(12-5-3-2-4-6-12)10-14(19)17-13-8-7-11(15)9-16-13/h7-9,12H,2-6,10H2,1H3,(H,16,17,19). The number of rotatable bonds is 4. The predicted octanol–water partition coefficient (Wildman–Crippen LogP) is 3.05. The first-order valence-corrected chi connectivity index (χ1v) is 7.56. The topological polar surface area (TPSA) is 45.2 Å². The largest absolute Gasteiger partial charge is 0.310 e. The van der Waals surface area contributed by atoms with Crippen molar-refractivity contribution in [1.29, 1.82) is 0 Å². The molecule has 2 rings (SSSR count). The molecule has 1 aromatic rings. The van der Waals surface area contributed by atoms with Crippen LogP contribution in [0.25, 0.3) is 0 Å². The SMILES string of the molecule is CN(CC(=O)Nc1ccc(Br)cn1)C1CCCCC1. The second-order valence-corrected chi connectivity index (χ2v) is 6.03. The molecule has 19 heavy (non-hydrogen) atoms. The first kappa shape index (κ1) is 14.5. The minimum Gasteiger partial charge on any atom is -0.310 e. The van der Waals surface area contributed by atoms with Gasteiger partial charge >= 0.3 is 0 Å². The van der Waals surface area contributed by atoms with E-state index in [2.05, 4.69) is 31.1 Å². The van der Waals surface area contributed by atoms with Crippen molar-refractivity contribution in [2.24, 2.45) is 0 Å². The molecule has 104 valence electrons. The van der Waals surface area contributed by atoms with Gasteiger partial charge in [-0.3, -0.25) is 9.69 Å². The van der Waals surface area contributed by atoms with Crippen LogP contribution in [0.2, 0.25) is 0 Å². The van der Waals surface area contributed by atoms with Crippen LogP contribution in [0.4, 0.5) is 5.82 Å². The number of likely N-dealkylation sites (N-methyl/N-ethyl adjacent to an activating group) is 1. The lowest BCUT2D eigenvalue weighted by molar-refractivity contribution is -0.117. The summed E-state index contributed by atoms with van der Waals surface area (Å²) in [5, 5.41) is 2.83. The monoisotopic (exact) mass is 325 g/mol. The maximum absolute atomic E-state index is 11.9. The van der Waals surface area contributed by atoms with E-state index in [9.17, 15) is 4.79 Å². The van der Waals surface area contributed by atoms with Gasteiger partial charge in [0.25, 0.3) is 0 Å². The maximum atomic E-state index is 11.9. The Balaban J connectivity index is 1.81. The van der Waals surface area contributed by atoms with Crippen molar-refractivity contribution in [1.82, 2.24) is 9.88 Å². The van der Waals surface area contributed by atoms with Crippen molar-refractivity contribution in [3.63, 3.8) is 0 Å². The highest BCUT2D eigenvalue weighted by Gasteiger charge is 2.19. The molecule has 0 unspecified atom stereocenters. The summed E-state index contributed by atoms with van der Waals surface area (Å²) in [5.74, 6) is 0.605. The molecule has 0 aliphatic heterocycles. The van der Waals surface area contributed by atoms with E-state index in [1.165, 1.54) is 32.1 Å². The minimum absolute atomic E-state index is 0.00268. The van der Waals surface area contributed by atoms with E-state index in [-0.39, 0.29) is 5.91 Å². The van der Waals surface area contributed by atoms with Gasteiger partial charge in [-0.2, -0.15) is 0 Å². The molecule has 5 heteroatoms. The number of amides is 1. The Labute approximate surface area is 122 Å². The quantitative estimate of drug-likeness (QED) is 0.925. The summed E-state index contributed by atoms with van der Waals surface area (Å²) in [6.45, 7) is 0.433. The average Bonchev–Trinajstić information content (AvgIpc) is 2.42. The Kier molecular flexibility index (Phi) is 5.34. The van der Waals surface area contributed by atoms with Gasteiger partial charge in [0.2, 0.25) is 5.91 Å². The lowest BCUT2D eigenvalue weighted by Gasteiger charge is -2.30. The van der Waals surface area contributed by atoms with Crippen molar-refractivity contribution in [2.75, 3.05) is 18.9 Å². The Morgan fingerprint density at radius 1 is 1.42 bits per heavy atom. The first-order valence-electron chi connectivity index (χ1n) is 6.77. The van der Waals surface area contributed by atoms with Crippen molar-refractivity contribution in [2.45, 2.75) is 38.1 Å². The fourth-order valence-electron chi connectivity index (χ4n) is 2.51. The van der Waals surface area contributed by atoms with Crippen molar-refractivity contribution in [3.05, 3.63) is 22.8 Å². The number of nitrogens with zero attached hydrogens (tertiary/aromatic N) is 2. The number of anilines is 1. The van der Waals surface area contributed by atoms with Gasteiger partial charge in [-0.05, 0) is 48.0 Å².